The van der Waals surface area contributed by atoms with Crippen LogP contribution in [0.4, 0.5) is 0 Å². The highest BCUT2D eigenvalue weighted by Crippen LogP contribution is 2.31. The molecule has 1 aliphatic carbocycles. The molecule has 0 spiro atoms. The van der Waals surface area contributed by atoms with E-state index < -0.39 is 0 Å². The standard InChI is InChI=1S/C19H24N4O2/c24-19(13-25-17-8-2-1-3-9-17)22-11-15(12-22)10-18-21-20-14-23(18)16-6-4-5-7-16/h1-3,8-9,14-16H,4-7,10-13H2. The third-order valence-corrected chi connectivity index (χ3v) is 5.25. The zero-order chi connectivity index (χ0) is 17.1. The summed E-state index contributed by atoms with van der Waals surface area (Å²) in [6.45, 7) is 1.68. The van der Waals surface area contributed by atoms with Gasteiger partial charge >= 0.3 is 0 Å². The number of carbonyl (C=O) groups excluding carboxylic acids is 1. The van der Waals surface area contributed by atoms with E-state index >= 15 is 0 Å². The van der Waals surface area contributed by atoms with Gasteiger partial charge in [-0.2, -0.15) is 0 Å². The minimum Gasteiger partial charge on any atom is -0.484 e. The van der Waals surface area contributed by atoms with E-state index in [0.29, 0.717) is 12.0 Å². The van der Waals surface area contributed by atoms with Crippen molar-refractivity contribution < 1.29 is 9.53 Å². The summed E-state index contributed by atoms with van der Waals surface area (Å²) >= 11 is 0. The van der Waals surface area contributed by atoms with E-state index in [2.05, 4.69) is 14.8 Å². The monoisotopic (exact) mass is 340 g/mol. The molecule has 1 saturated heterocycles. The molecule has 2 aromatic rings. The Morgan fingerprint density at radius 2 is 1.92 bits per heavy atom. The third kappa shape index (κ3) is 3.67. The van der Waals surface area contributed by atoms with Gasteiger partial charge in [0.05, 0.1) is 0 Å². The Hall–Kier alpha value is -2.37. The Kier molecular flexibility index (Phi) is 4.68. The largest absolute Gasteiger partial charge is 0.484 e. The minimum absolute atomic E-state index is 0.0531. The van der Waals surface area contributed by atoms with Gasteiger partial charge < -0.3 is 14.2 Å². The van der Waals surface area contributed by atoms with E-state index in [4.69, 9.17) is 4.74 Å². The Balaban J connectivity index is 1.24. The van der Waals surface area contributed by atoms with Crippen molar-refractivity contribution in [1.29, 1.82) is 0 Å². The average Bonchev–Trinajstić information content (AvgIpc) is 3.27. The predicted octanol–water partition coefficient (Wildman–Crippen LogP) is 2.47. The van der Waals surface area contributed by atoms with Crippen molar-refractivity contribution in [3.05, 3.63) is 42.5 Å². The first-order chi connectivity index (χ1) is 12.3. The summed E-state index contributed by atoms with van der Waals surface area (Å²) in [6.07, 6.45) is 7.85. The summed E-state index contributed by atoms with van der Waals surface area (Å²) in [6, 6.07) is 10.0. The molecule has 1 aromatic carbocycles. The first-order valence-electron chi connectivity index (χ1n) is 9.13. The van der Waals surface area contributed by atoms with Crippen molar-refractivity contribution in [2.24, 2.45) is 5.92 Å². The molecule has 0 atom stereocenters. The van der Waals surface area contributed by atoms with E-state index in [0.717, 1.165) is 31.1 Å². The molecular weight excluding hydrogens is 316 g/mol. The van der Waals surface area contributed by atoms with E-state index in [-0.39, 0.29) is 12.5 Å². The Morgan fingerprint density at radius 3 is 2.68 bits per heavy atom. The molecule has 0 unspecified atom stereocenters. The maximum atomic E-state index is 12.2. The normalized spacial score (nSPS) is 18.3. The SMILES string of the molecule is O=C(COc1ccccc1)N1CC(Cc2nncn2C2CCCC2)C1. The van der Waals surface area contributed by atoms with Gasteiger partial charge in [-0.25, -0.2) is 0 Å². The Bertz CT molecular complexity index is 703. The number of hydrogen-bond donors (Lipinski definition) is 0. The Labute approximate surface area is 147 Å². The summed E-state index contributed by atoms with van der Waals surface area (Å²) in [5.74, 6) is 2.34. The molecule has 2 fully saturated rings. The van der Waals surface area contributed by atoms with Crippen LogP contribution in [-0.2, 0) is 11.2 Å². The fourth-order valence-corrected chi connectivity index (χ4v) is 3.81. The van der Waals surface area contributed by atoms with Crippen LogP contribution >= 0.6 is 0 Å². The fraction of sp³-hybridized carbons (Fsp3) is 0.526. The highest BCUT2D eigenvalue weighted by molar-refractivity contribution is 5.78. The molecule has 1 saturated carbocycles. The molecule has 1 amide bonds. The van der Waals surface area contributed by atoms with Gasteiger partial charge in [-0.05, 0) is 25.0 Å². The predicted molar refractivity (Wildman–Crippen MR) is 93.2 cm³/mol. The van der Waals surface area contributed by atoms with Crippen molar-refractivity contribution in [2.75, 3.05) is 19.7 Å². The minimum atomic E-state index is 0.0531. The number of likely N-dealkylation sites (tertiary alicyclic amines) is 1. The second-order valence-corrected chi connectivity index (χ2v) is 7.06. The van der Waals surface area contributed by atoms with E-state index in [1.165, 1.54) is 25.7 Å². The zero-order valence-corrected chi connectivity index (χ0v) is 14.4. The smallest absolute Gasteiger partial charge is 0.260 e. The number of rotatable bonds is 6. The number of para-hydroxylation sites is 1. The molecular formula is C19H24N4O2. The summed E-state index contributed by atoms with van der Waals surface area (Å²) in [5.41, 5.74) is 0. The lowest BCUT2D eigenvalue weighted by atomic mass is 9.95. The second kappa shape index (κ2) is 7.25. The molecule has 2 heterocycles. The number of benzene rings is 1. The third-order valence-electron chi connectivity index (χ3n) is 5.25. The maximum absolute atomic E-state index is 12.2. The molecule has 2 aliphatic rings. The van der Waals surface area contributed by atoms with Crippen LogP contribution in [0.25, 0.3) is 0 Å². The van der Waals surface area contributed by atoms with Crippen LogP contribution in [0.15, 0.2) is 36.7 Å². The lowest BCUT2D eigenvalue weighted by Gasteiger charge is -2.39. The van der Waals surface area contributed by atoms with Gasteiger partial charge in [0.25, 0.3) is 5.91 Å². The number of aromatic nitrogens is 3. The molecule has 0 bridgehead atoms. The van der Waals surface area contributed by atoms with Crippen LogP contribution in [0.1, 0.15) is 37.5 Å². The van der Waals surface area contributed by atoms with Crippen molar-refractivity contribution in [3.63, 3.8) is 0 Å². The fourth-order valence-electron chi connectivity index (χ4n) is 3.81. The number of amides is 1. The number of ether oxygens (including phenoxy) is 1. The van der Waals surface area contributed by atoms with Gasteiger partial charge in [0.15, 0.2) is 6.61 Å². The highest BCUT2D eigenvalue weighted by atomic mass is 16.5. The first-order valence-corrected chi connectivity index (χ1v) is 9.13. The lowest BCUT2D eigenvalue weighted by Crippen LogP contribution is -2.52. The summed E-state index contributed by atoms with van der Waals surface area (Å²) < 4.78 is 7.79. The number of hydrogen-bond acceptors (Lipinski definition) is 4. The van der Waals surface area contributed by atoms with Crippen LogP contribution in [-0.4, -0.2) is 45.3 Å². The first kappa shape index (κ1) is 16.1. The topological polar surface area (TPSA) is 60.2 Å². The van der Waals surface area contributed by atoms with Crippen LogP contribution in [0.5, 0.6) is 5.75 Å². The van der Waals surface area contributed by atoms with Gasteiger partial charge in [-0.3, -0.25) is 4.79 Å². The molecule has 132 valence electrons. The van der Waals surface area contributed by atoms with Gasteiger partial charge in [0, 0.05) is 31.5 Å². The Morgan fingerprint density at radius 1 is 1.16 bits per heavy atom. The van der Waals surface area contributed by atoms with Gasteiger partial charge in [0.1, 0.15) is 17.9 Å². The molecule has 4 rings (SSSR count). The molecule has 1 aliphatic heterocycles. The van der Waals surface area contributed by atoms with Crippen LogP contribution in [0, 0.1) is 5.92 Å². The van der Waals surface area contributed by atoms with E-state index in [9.17, 15) is 4.79 Å². The van der Waals surface area contributed by atoms with Crippen molar-refractivity contribution in [1.82, 2.24) is 19.7 Å². The van der Waals surface area contributed by atoms with Crippen molar-refractivity contribution >= 4 is 5.91 Å². The highest BCUT2D eigenvalue weighted by Gasteiger charge is 2.32. The molecule has 0 N–H and O–H groups in total. The lowest BCUT2D eigenvalue weighted by molar-refractivity contribution is -0.139. The number of carbonyl (C=O) groups is 1. The molecule has 6 heteroatoms. The molecule has 0 radical (unpaired) electrons. The van der Waals surface area contributed by atoms with Crippen molar-refractivity contribution in [2.45, 2.75) is 38.1 Å². The van der Waals surface area contributed by atoms with E-state index in [1.54, 1.807) is 0 Å². The van der Waals surface area contributed by atoms with Crippen LogP contribution in [0.2, 0.25) is 0 Å². The zero-order valence-electron chi connectivity index (χ0n) is 14.4. The van der Waals surface area contributed by atoms with Gasteiger partial charge in [0.2, 0.25) is 0 Å². The van der Waals surface area contributed by atoms with Crippen molar-refractivity contribution in [3.8, 4) is 5.75 Å². The van der Waals surface area contributed by atoms with E-state index in [1.807, 2.05) is 41.6 Å². The average molecular weight is 340 g/mol. The quantitative estimate of drug-likeness (QED) is 0.810. The maximum Gasteiger partial charge on any atom is 0.260 e. The molecule has 6 nitrogen and oxygen atoms in total. The van der Waals surface area contributed by atoms with Crippen LogP contribution < -0.4 is 4.74 Å². The van der Waals surface area contributed by atoms with Crippen LogP contribution in [0.3, 0.4) is 0 Å². The number of nitrogens with zero attached hydrogens (tertiary/aromatic N) is 4. The summed E-state index contributed by atoms with van der Waals surface area (Å²) in [4.78, 5) is 14.1. The summed E-state index contributed by atoms with van der Waals surface area (Å²) in [7, 11) is 0. The summed E-state index contributed by atoms with van der Waals surface area (Å²) in [5, 5.41) is 8.42. The second-order valence-electron chi connectivity index (χ2n) is 7.06. The van der Waals surface area contributed by atoms with Gasteiger partial charge in [-0.1, -0.05) is 31.0 Å². The molecule has 1 aromatic heterocycles. The van der Waals surface area contributed by atoms with Gasteiger partial charge in [-0.15, -0.1) is 10.2 Å². The molecule has 25 heavy (non-hydrogen) atoms.